The zero-order valence-electron chi connectivity index (χ0n) is 13.7. The van der Waals surface area contributed by atoms with Crippen LogP contribution in [0.5, 0.6) is 0 Å². The van der Waals surface area contributed by atoms with Crippen molar-refractivity contribution in [2.75, 3.05) is 13.1 Å². The average molecular weight is 316 g/mol. The summed E-state index contributed by atoms with van der Waals surface area (Å²) in [5.74, 6) is 4.25. The number of nitrogens with zero attached hydrogens (tertiary/aromatic N) is 6. The molecule has 1 saturated heterocycles. The second kappa shape index (κ2) is 6.39. The minimum atomic E-state index is 0.465. The van der Waals surface area contributed by atoms with Crippen molar-refractivity contribution in [3.8, 4) is 0 Å². The van der Waals surface area contributed by atoms with Crippen LogP contribution in [-0.2, 0) is 19.5 Å². The third-order valence-corrected chi connectivity index (χ3v) is 4.94. The van der Waals surface area contributed by atoms with Gasteiger partial charge in [-0.05, 0) is 39.2 Å². The molecular weight excluding hydrogens is 292 g/mol. The number of piperidine rings is 1. The van der Waals surface area contributed by atoms with Crippen molar-refractivity contribution in [3.05, 3.63) is 23.4 Å². The van der Waals surface area contributed by atoms with Crippen LogP contribution in [0.15, 0.2) is 4.52 Å². The second-order valence-electron chi connectivity index (χ2n) is 6.75. The Kier molecular flexibility index (Phi) is 4.11. The van der Waals surface area contributed by atoms with Gasteiger partial charge in [0.25, 0.3) is 0 Å². The lowest BCUT2D eigenvalue weighted by atomic mass is 9.97. The van der Waals surface area contributed by atoms with Crippen molar-refractivity contribution >= 4 is 0 Å². The molecule has 0 aromatic carbocycles. The summed E-state index contributed by atoms with van der Waals surface area (Å²) in [6.07, 6.45) is 7.24. The van der Waals surface area contributed by atoms with Crippen molar-refractivity contribution in [3.63, 3.8) is 0 Å². The molecule has 2 aromatic heterocycles. The summed E-state index contributed by atoms with van der Waals surface area (Å²) in [4.78, 5) is 6.72. The summed E-state index contributed by atoms with van der Waals surface area (Å²) in [5, 5.41) is 12.9. The molecule has 0 bridgehead atoms. The minimum absolute atomic E-state index is 0.465. The van der Waals surface area contributed by atoms with Crippen LogP contribution >= 0.6 is 0 Å². The Morgan fingerprint density at radius 1 is 1.13 bits per heavy atom. The molecule has 4 heterocycles. The average Bonchev–Trinajstić information content (AvgIpc) is 3.07. The van der Waals surface area contributed by atoms with Crippen LogP contribution in [0.3, 0.4) is 0 Å². The van der Waals surface area contributed by atoms with Crippen LogP contribution in [0.1, 0.15) is 61.4 Å². The molecule has 0 saturated carbocycles. The zero-order chi connectivity index (χ0) is 15.6. The highest BCUT2D eigenvalue weighted by atomic mass is 16.5. The maximum Gasteiger partial charge on any atom is 0.240 e. The summed E-state index contributed by atoms with van der Waals surface area (Å²) in [5.41, 5.74) is 0. The molecule has 2 aliphatic heterocycles. The van der Waals surface area contributed by atoms with Gasteiger partial charge >= 0.3 is 0 Å². The monoisotopic (exact) mass is 316 g/mol. The van der Waals surface area contributed by atoms with Gasteiger partial charge in [0.1, 0.15) is 11.6 Å². The number of aryl methyl sites for hydroxylation is 2. The molecule has 0 radical (unpaired) electrons. The van der Waals surface area contributed by atoms with E-state index in [1.165, 1.54) is 43.8 Å². The topological polar surface area (TPSA) is 72.9 Å². The van der Waals surface area contributed by atoms with E-state index < -0.39 is 0 Å². The van der Waals surface area contributed by atoms with Crippen molar-refractivity contribution in [2.24, 2.45) is 0 Å². The summed E-state index contributed by atoms with van der Waals surface area (Å²) in [6.45, 7) is 5.76. The Labute approximate surface area is 136 Å². The predicted molar refractivity (Wildman–Crippen MR) is 83.9 cm³/mol. The molecule has 0 aliphatic carbocycles. The molecule has 0 amide bonds. The quantitative estimate of drug-likeness (QED) is 0.863. The van der Waals surface area contributed by atoms with E-state index in [-0.39, 0.29) is 0 Å². The molecular formula is C16H24N6O. The van der Waals surface area contributed by atoms with Gasteiger partial charge in [-0.3, -0.25) is 4.90 Å². The molecule has 2 aromatic rings. The van der Waals surface area contributed by atoms with Gasteiger partial charge < -0.3 is 9.09 Å². The highest BCUT2D eigenvalue weighted by Gasteiger charge is 2.28. The van der Waals surface area contributed by atoms with Crippen LogP contribution < -0.4 is 0 Å². The number of likely N-dealkylation sites (tertiary alicyclic amines) is 1. The van der Waals surface area contributed by atoms with Crippen LogP contribution in [0.2, 0.25) is 0 Å². The molecule has 7 heteroatoms. The number of fused-ring (bicyclic) bond motifs is 1. The van der Waals surface area contributed by atoms with Gasteiger partial charge in [-0.15, -0.1) is 10.2 Å². The van der Waals surface area contributed by atoms with E-state index in [0.29, 0.717) is 17.6 Å². The second-order valence-corrected chi connectivity index (χ2v) is 6.75. The summed E-state index contributed by atoms with van der Waals surface area (Å²) in [6, 6.07) is 0. The van der Waals surface area contributed by atoms with Crippen molar-refractivity contribution in [2.45, 2.75) is 64.5 Å². The number of hydrogen-bond donors (Lipinski definition) is 0. The fourth-order valence-electron chi connectivity index (χ4n) is 3.81. The zero-order valence-corrected chi connectivity index (χ0v) is 13.7. The maximum atomic E-state index is 5.26. The molecule has 0 N–H and O–H groups in total. The summed E-state index contributed by atoms with van der Waals surface area (Å²) >= 11 is 0. The first-order valence-corrected chi connectivity index (χ1v) is 8.73. The number of hydrogen-bond acceptors (Lipinski definition) is 6. The van der Waals surface area contributed by atoms with Crippen molar-refractivity contribution in [1.82, 2.24) is 29.8 Å². The minimum Gasteiger partial charge on any atom is -0.338 e. The van der Waals surface area contributed by atoms with E-state index in [2.05, 4.69) is 29.8 Å². The largest absolute Gasteiger partial charge is 0.338 e. The van der Waals surface area contributed by atoms with E-state index in [9.17, 15) is 0 Å². The van der Waals surface area contributed by atoms with Gasteiger partial charge in [0.05, 0.1) is 6.54 Å². The van der Waals surface area contributed by atoms with E-state index in [4.69, 9.17) is 4.52 Å². The molecule has 124 valence electrons. The van der Waals surface area contributed by atoms with Gasteiger partial charge in [0, 0.05) is 25.4 Å². The smallest absolute Gasteiger partial charge is 0.240 e. The van der Waals surface area contributed by atoms with E-state index >= 15 is 0 Å². The molecule has 1 fully saturated rings. The molecule has 1 unspecified atom stereocenters. The molecule has 23 heavy (non-hydrogen) atoms. The fourth-order valence-corrected chi connectivity index (χ4v) is 3.81. The molecule has 0 spiro atoms. The normalized spacial score (nSPS) is 22.7. The Bertz CT molecular complexity index is 663. The Balaban J connectivity index is 1.48. The lowest BCUT2D eigenvalue weighted by molar-refractivity contribution is 0.172. The lowest BCUT2D eigenvalue weighted by Gasteiger charge is -2.31. The standard InChI is InChI=1S/C16H24N6O/c1-12-17-15(23-20-12)11-21-8-5-6-13(10-21)16-19-18-14-7-3-2-4-9-22(14)16/h13H,2-11H2,1H3. The molecule has 1 atom stereocenters. The first-order chi connectivity index (χ1) is 11.3. The Hall–Kier alpha value is -1.76. The summed E-state index contributed by atoms with van der Waals surface area (Å²) in [7, 11) is 0. The van der Waals surface area contributed by atoms with Crippen molar-refractivity contribution < 1.29 is 4.52 Å². The Morgan fingerprint density at radius 2 is 2.09 bits per heavy atom. The van der Waals surface area contributed by atoms with E-state index in [0.717, 1.165) is 32.6 Å². The van der Waals surface area contributed by atoms with Crippen LogP contribution in [-0.4, -0.2) is 42.9 Å². The highest BCUT2D eigenvalue weighted by Crippen LogP contribution is 2.28. The number of rotatable bonds is 3. The fraction of sp³-hybridized carbons (Fsp3) is 0.750. The highest BCUT2D eigenvalue weighted by molar-refractivity contribution is 5.06. The molecule has 7 nitrogen and oxygen atoms in total. The molecule has 4 rings (SSSR count). The Morgan fingerprint density at radius 3 is 2.96 bits per heavy atom. The number of aromatic nitrogens is 5. The van der Waals surface area contributed by atoms with Gasteiger partial charge in [-0.1, -0.05) is 11.6 Å². The van der Waals surface area contributed by atoms with Gasteiger partial charge in [-0.2, -0.15) is 4.98 Å². The first kappa shape index (κ1) is 14.8. The van der Waals surface area contributed by atoms with Crippen LogP contribution in [0.25, 0.3) is 0 Å². The predicted octanol–water partition coefficient (Wildman–Crippen LogP) is 2.08. The third-order valence-electron chi connectivity index (χ3n) is 4.94. The molecule has 2 aliphatic rings. The van der Waals surface area contributed by atoms with Crippen LogP contribution in [0, 0.1) is 6.92 Å². The van der Waals surface area contributed by atoms with E-state index in [1.54, 1.807) is 0 Å². The van der Waals surface area contributed by atoms with Gasteiger partial charge in [0.2, 0.25) is 5.89 Å². The first-order valence-electron chi connectivity index (χ1n) is 8.73. The maximum absolute atomic E-state index is 5.26. The SMILES string of the molecule is Cc1noc(CN2CCCC(c3nnc4n3CCCCC4)C2)n1. The lowest BCUT2D eigenvalue weighted by Crippen LogP contribution is -2.35. The summed E-state index contributed by atoms with van der Waals surface area (Å²) < 4.78 is 7.65. The van der Waals surface area contributed by atoms with Crippen LogP contribution in [0.4, 0.5) is 0 Å². The van der Waals surface area contributed by atoms with Crippen molar-refractivity contribution in [1.29, 1.82) is 0 Å². The van der Waals surface area contributed by atoms with Gasteiger partial charge in [-0.25, -0.2) is 0 Å². The van der Waals surface area contributed by atoms with E-state index in [1.807, 2.05) is 6.92 Å². The van der Waals surface area contributed by atoms with Gasteiger partial charge in [0.15, 0.2) is 5.82 Å². The third kappa shape index (κ3) is 3.15.